The van der Waals surface area contributed by atoms with Crippen LogP contribution in [0.3, 0.4) is 0 Å². The maximum atomic E-state index is 12.8. The highest BCUT2D eigenvalue weighted by molar-refractivity contribution is 5.82. The molecule has 5 nitrogen and oxygen atoms in total. The minimum Gasteiger partial charge on any atom is -0.424 e. The lowest BCUT2D eigenvalue weighted by Gasteiger charge is -2.47. The second-order valence-corrected chi connectivity index (χ2v) is 6.81. The molecule has 2 aromatic rings. The highest BCUT2D eigenvalue weighted by Gasteiger charge is 2.53. The molecule has 2 N–H and O–H groups in total. The maximum absolute atomic E-state index is 12.8. The third-order valence-corrected chi connectivity index (χ3v) is 5.24. The normalized spacial score (nSPS) is 31.0. The highest BCUT2D eigenvalue weighted by Crippen LogP contribution is 2.54. The van der Waals surface area contributed by atoms with E-state index in [1.807, 2.05) is 49.4 Å². The molecule has 5 heteroatoms. The fraction of sp³-hybridized carbons (Fsp3) is 0.350. The van der Waals surface area contributed by atoms with Crippen LogP contribution in [-0.2, 0) is 14.3 Å². The lowest BCUT2D eigenvalue weighted by molar-refractivity contribution is -0.279. The van der Waals surface area contributed by atoms with E-state index in [-0.39, 0.29) is 11.9 Å². The van der Waals surface area contributed by atoms with Crippen LogP contribution in [0, 0.1) is 5.92 Å². The largest absolute Gasteiger partial charge is 0.424 e. The van der Waals surface area contributed by atoms with Crippen molar-refractivity contribution < 1.29 is 19.0 Å². The standard InChI is InChI=1S/C20H21NO4/c1-20(23-2)11-14(12-7-4-3-5-8-12)16-18(25-20)13-9-6-10-15(21)17(13)24-19(16)22/h3-10,14,16,18H,11,21H2,1-2H3. The van der Waals surface area contributed by atoms with Gasteiger partial charge in [-0.15, -0.1) is 0 Å². The molecule has 2 heterocycles. The van der Waals surface area contributed by atoms with Crippen molar-refractivity contribution in [3.05, 3.63) is 59.7 Å². The molecule has 0 aliphatic carbocycles. The van der Waals surface area contributed by atoms with Crippen molar-refractivity contribution >= 4 is 11.7 Å². The summed E-state index contributed by atoms with van der Waals surface area (Å²) in [6.07, 6.45) is 0.116. The van der Waals surface area contributed by atoms with E-state index in [1.54, 1.807) is 13.2 Å². The summed E-state index contributed by atoms with van der Waals surface area (Å²) in [5.74, 6) is -1.18. The van der Waals surface area contributed by atoms with Crippen LogP contribution in [0.5, 0.6) is 5.75 Å². The van der Waals surface area contributed by atoms with Crippen LogP contribution in [0.25, 0.3) is 0 Å². The predicted octanol–water partition coefficient (Wildman–Crippen LogP) is 3.41. The van der Waals surface area contributed by atoms with E-state index < -0.39 is 17.8 Å². The molecule has 0 aromatic heterocycles. The van der Waals surface area contributed by atoms with E-state index >= 15 is 0 Å². The van der Waals surface area contributed by atoms with E-state index in [4.69, 9.17) is 19.9 Å². The van der Waals surface area contributed by atoms with Crippen LogP contribution in [0.2, 0.25) is 0 Å². The summed E-state index contributed by atoms with van der Waals surface area (Å²) in [7, 11) is 1.63. The van der Waals surface area contributed by atoms with Gasteiger partial charge in [-0.3, -0.25) is 4.79 Å². The van der Waals surface area contributed by atoms with Crippen molar-refractivity contribution in [2.75, 3.05) is 12.8 Å². The van der Waals surface area contributed by atoms with E-state index in [2.05, 4.69) is 0 Å². The number of benzene rings is 2. The molecule has 0 radical (unpaired) electrons. The number of rotatable bonds is 2. The number of fused-ring (bicyclic) bond motifs is 3. The molecule has 0 saturated carbocycles. The average molecular weight is 339 g/mol. The Bertz CT molecular complexity index is 807. The zero-order chi connectivity index (χ0) is 17.6. The monoisotopic (exact) mass is 339 g/mol. The summed E-state index contributed by atoms with van der Waals surface area (Å²) < 4.78 is 17.5. The lowest BCUT2D eigenvalue weighted by atomic mass is 9.73. The molecular formula is C20H21NO4. The Labute approximate surface area is 146 Å². The molecule has 2 aromatic carbocycles. The third-order valence-electron chi connectivity index (χ3n) is 5.24. The number of hydrogen-bond donors (Lipinski definition) is 1. The van der Waals surface area contributed by atoms with Crippen LogP contribution in [0.1, 0.15) is 36.5 Å². The van der Waals surface area contributed by atoms with Crippen molar-refractivity contribution in [1.29, 1.82) is 0 Å². The summed E-state index contributed by atoms with van der Waals surface area (Å²) in [4.78, 5) is 12.8. The predicted molar refractivity (Wildman–Crippen MR) is 93.0 cm³/mol. The lowest BCUT2D eigenvalue weighted by Crippen LogP contribution is -2.49. The van der Waals surface area contributed by atoms with Crippen molar-refractivity contribution in [1.82, 2.24) is 0 Å². The average Bonchev–Trinajstić information content (AvgIpc) is 2.63. The summed E-state index contributed by atoms with van der Waals surface area (Å²) in [6.45, 7) is 1.91. The fourth-order valence-corrected chi connectivity index (χ4v) is 3.91. The van der Waals surface area contributed by atoms with Gasteiger partial charge < -0.3 is 19.9 Å². The Morgan fingerprint density at radius 3 is 2.64 bits per heavy atom. The first-order valence-electron chi connectivity index (χ1n) is 8.40. The van der Waals surface area contributed by atoms with Gasteiger partial charge in [-0.05, 0) is 18.6 Å². The molecule has 0 amide bonds. The summed E-state index contributed by atoms with van der Waals surface area (Å²) in [5.41, 5.74) is 8.32. The molecule has 25 heavy (non-hydrogen) atoms. The number of hydrogen-bond acceptors (Lipinski definition) is 5. The Kier molecular flexibility index (Phi) is 3.78. The molecule has 4 rings (SSSR count). The number of anilines is 1. The first-order valence-corrected chi connectivity index (χ1v) is 8.40. The smallest absolute Gasteiger partial charge is 0.318 e. The van der Waals surface area contributed by atoms with Crippen LogP contribution >= 0.6 is 0 Å². The molecule has 2 aliphatic heterocycles. The minimum absolute atomic E-state index is 0.0630. The fourth-order valence-electron chi connectivity index (χ4n) is 3.91. The van der Waals surface area contributed by atoms with Gasteiger partial charge in [0, 0.05) is 25.0 Å². The number of esters is 1. The molecule has 2 aliphatic rings. The minimum atomic E-state index is -0.791. The first-order chi connectivity index (χ1) is 12.0. The Hall–Kier alpha value is -2.37. The number of methoxy groups -OCH3 is 1. The number of carbonyl (C=O) groups is 1. The van der Waals surface area contributed by atoms with Crippen LogP contribution in [0.4, 0.5) is 5.69 Å². The zero-order valence-corrected chi connectivity index (χ0v) is 14.3. The first kappa shape index (κ1) is 16.1. The van der Waals surface area contributed by atoms with Crippen LogP contribution < -0.4 is 10.5 Å². The molecule has 0 bridgehead atoms. The maximum Gasteiger partial charge on any atom is 0.318 e. The third kappa shape index (κ3) is 2.60. The summed E-state index contributed by atoms with van der Waals surface area (Å²) >= 11 is 0. The van der Waals surface area contributed by atoms with Gasteiger partial charge in [0.05, 0.1) is 11.6 Å². The number of para-hydroxylation sites is 1. The number of carbonyl (C=O) groups excluding carboxylic acids is 1. The number of nitrogen functional groups attached to an aromatic ring is 1. The van der Waals surface area contributed by atoms with Gasteiger partial charge in [-0.2, -0.15) is 0 Å². The van der Waals surface area contributed by atoms with E-state index in [9.17, 15) is 4.79 Å². The van der Waals surface area contributed by atoms with Gasteiger partial charge >= 0.3 is 5.97 Å². The molecule has 1 saturated heterocycles. The molecule has 4 unspecified atom stereocenters. The molecule has 1 fully saturated rings. The molecule has 130 valence electrons. The van der Waals surface area contributed by atoms with Crippen molar-refractivity contribution in [2.45, 2.75) is 31.2 Å². The van der Waals surface area contributed by atoms with Crippen molar-refractivity contribution in [2.24, 2.45) is 5.92 Å². The second kappa shape index (κ2) is 5.86. The van der Waals surface area contributed by atoms with Crippen molar-refractivity contribution in [3.63, 3.8) is 0 Å². The summed E-state index contributed by atoms with van der Waals surface area (Å²) in [5, 5.41) is 0. The molecule has 0 spiro atoms. The second-order valence-electron chi connectivity index (χ2n) is 6.81. The zero-order valence-electron chi connectivity index (χ0n) is 14.3. The summed E-state index contributed by atoms with van der Waals surface area (Å²) in [6, 6.07) is 15.5. The number of ether oxygens (including phenoxy) is 3. The van der Waals surface area contributed by atoms with Crippen LogP contribution in [-0.4, -0.2) is 18.9 Å². The topological polar surface area (TPSA) is 70.8 Å². The quantitative estimate of drug-likeness (QED) is 0.516. The molecular weight excluding hydrogens is 318 g/mol. The van der Waals surface area contributed by atoms with Crippen LogP contribution in [0.15, 0.2) is 48.5 Å². The Morgan fingerprint density at radius 1 is 1.16 bits per heavy atom. The highest BCUT2D eigenvalue weighted by atomic mass is 16.7. The van der Waals surface area contributed by atoms with Gasteiger partial charge in [0.25, 0.3) is 0 Å². The Morgan fingerprint density at radius 2 is 1.92 bits per heavy atom. The van der Waals surface area contributed by atoms with E-state index in [1.165, 1.54) is 0 Å². The van der Waals surface area contributed by atoms with Gasteiger partial charge in [0.1, 0.15) is 6.10 Å². The number of nitrogens with two attached hydrogens (primary N) is 1. The van der Waals surface area contributed by atoms with Gasteiger partial charge in [0.2, 0.25) is 0 Å². The SMILES string of the molecule is COC1(C)CC(c2ccccc2)C2C(=O)Oc3c(N)cccc3C2O1. The molecule has 4 atom stereocenters. The van der Waals surface area contributed by atoms with E-state index in [0.717, 1.165) is 11.1 Å². The van der Waals surface area contributed by atoms with Gasteiger partial charge in [-0.25, -0.2) is 0 Å². The van der Waals surface area contributed by atoms with Gasteiger partial charge in [0.15, 0.2) is 11.5 Å². The van der Waals surface area contributed by atoms with Gasteiger partial charge in [-0.1, -0.05) is 42.5 Å². The van der Waals surface area contributed by atoms with E-state index in [0.29, 0.717) is 17.9 Å². The Balaban J connectivity index is 1.85. The van der Waals surface area contributed by atoms with Crippen molar-refractivity contribution in [3.8, 4) is 5.75 Å².